The highest BCUT2D eigenvalue weighted by molar-refractivity contribution is 6.30. The molecule has 0 radical (unpaired) electrons. The Kier molecular flexibility index (Phi) is 6.00. The van der Waals surface area contributed by atoms with Gasteiger partial charge in [0.1, 0.15) is 12.7 Å². The van der Waals surface area contributed by atoms with Gasteiger partial charge in [0, 0.05) is 16.6 Å². The highest BCUT2D eigenvalue weighted by Crippen LogP contribution is 2.40. The molecule has 3 rings (SSSR count). The Hall–Kier alpha value is -1.55. The van der Waals surface area contributed by atoms with Gasteiger partial charge in [-0.1, -0.05) is 60.8 Å². The fraction of sp³-hybridized carbons (Fsp3) is 0.350. The Morgan fingerprint density at radius 2 is 1.56 bits per heavy atom. The molecular formula is C20H21Cl2NO2. The number of halogens is 2. The van der Waals surface area contributed by atoms with Crippen LogP contribution in [-0.2, 0) is 9.53 Å². The standard InChI is InChI=1S/C20H21Cl2NO2/c1-2-3-12-23-18(24)13-25-20(15-6-10-17(22)11-7-15)19(23)14-4-8-16(21)9-5-14/h4-11,19-20H,2-3,12-13H2,1H3/t19-,20+/m1/s1. The van der Waals surface area contributed by atoms with Crippen molar-refractivity contribution in [3.63, 3.8) is 0 Å². The number of nitrogens with zero attached hydrogens (tertiary/aromatic N) is 1. The molecule has 2 atom stereocenters. The molecule has 1 amide bonds. The quantitative estimate of drug-likeness (QED) is 0.694. The highest BCUT2D eigenvalue weighted by Gasteiger charge is 2.38. The lowest BCUT2D eigenvalue weighted by Gasteiger charge is -2.41. The molecule has 25 heavy (non-hydrogen) atoms. The normalized spacial score (nSPS) is 20.8. The maximum atomic E-state index is 12.5. The summed E-state index contributed by atoms with van der Waals surface area (Å²) in [7, 11) is 0. The molecular weight excluding hydrogens is 357 g/mol. The summed E-state index contributed by atoms with van der Waals surface area (Å²) in [6.45, 7) is 2.94. The van der Waals surface area contributed by atoms with Crippen LogP contribution >= 0.6 is 23.2 Å². The Morgan fingerprint density at radius 3 is 2.12 bits per heavy atom. The van der Waals surface area contributed by atoms with Crippen LogP contribution in [0.25, 0.3) is 0 Å². The van der Waals surface area contributed by atoms with E-state index in [1.165, 1.54) is 0 Å². The monoisotopic (exact) mass is 377 g/mol. The van der Waals surface area contributed by atoms with Gasteiger partial charge in [-0.3, -0.25) is 4.79 Å². The lowest BCUT2D eigenvalue weighted by atomic mass is 9.92. The number of hydrogen-bond acceptors (Lipinski definition) is 2. The predicted molar refractivity (Wildman–Crippen MR) is 101 cm³/mol. The van der Waals surface area contributed by atoms with Crippen LogP contribution in [-0.4, -0.2) is 24.0 Å². The zero-order valence-electron chi connectivity index (χ0n) is 14.1. The maximum Gasteiger partial charge on any atom is 0.249 e. The van der Waals surface area contributed by atoms with E-state index in [4.69, 9.17) is 27.9 Å². The number of amides is 1. The first-order chi connectivity index (χ1) is 12.1. The predicted octanol–water partition coefficient (Wildman–Crippen LogP) is 5.43. The number of unbranched alkanes of at least 4 members (excludes halogenated alkanes) is 1. The van der Waals surface area contributed by atoms with E-state index in [0.717, 1.165) is 30.5 Å². The van der Waals surface area contributed by atoms with Crippen molar-refractivity contribution in [2.24, 2.45) is 0 Å². The molecule has 2 aromatic carbocycles. The summed E-state index contributed by atoms with van der Waals surface area (Å²) in [6, 6.07) is 15.1. The van der Waals surface area contributed by atoms with Gasteiger partial charge in [0.05, 0.1) is 6.04 Å². The topological polar surface area (TPSA) is 29.5 Å². The molecule has 0 bridgehead atoms. The second-order valence-corrected chi connectivity index (χ2v) is 7.09. The van der Waals surface area contributed by atoms with E-state index in [-0.39, 0.29) is 24.7 Å². The van der Waals surface area contributed by atoms with Crippen molar-refractivity contribution in [2.75, 3.05) is 13.2 Å². The molecule has 1 saturated heterocycles. The Morgan fingerprint density at radius 1 is 1.00 bits per heavy atom. The van der Waals surface area contributed by atoms with E-state index in [0.29, 0.717) is 10.0 Å². The van der Waals surface area contributed by atoms with Gasteiger partial charge in [0.15, 0.2) is 0 Å². The molecule has 5 heteroatoms. The second kappa shape index (κ2) is 8.22. The Bertz CT molecular complexity index is 715. The molecule has 2 aromatic rings. The van der Waals surface area contributed by atoms with Crippen LogP contribution in [0.5, 0.6) is 0 Å². The third-order valence-electron chi connectivity index (χ3n) is 4.49. The van der Waals surface area contributed by atoms with E-state index < -0.39 is 0 Å². The van der Waals surface area contributed by atoms with Gasteiger partial charge < -0.3 is 9.64 Å². The van der Waals surface area contributed by atoms with Crippen LogP contribution in [0.4, 0.5) is 0 Å². The average Bonchev–Trinajstić information content (AvgIpc) is 2.62. The molecule has 3 nitrogen and oxygen atoms in total. The van der Waals surface area contributed by atoms with Crippen molar-refractivity contribution < 1.29 is 9.53 Å². The lowest BCUT2D eigenvalue weighted by Crippen LogP contribution is -2.46. The van der Waals surface area contributed by atoms with Crippen molar-refractivity contribution in [3.05, 3.63) is 69.7 Å². The zero-order chi connectivity index (χ0) is 17.8. The highest BCUT2D eigenvalue weighted by atomic mass is 35.5. The summed E-state index contributed by atoms with van der Waals surface area (Å²) >= 11 is 12.1. The maximum absolute atomic E-state index is 12.5. The minimum atomic E-state index is -0.229. The first-order valence-corrected chi connectivity index (χ1v) is 9.27. The number of hydrogen-bond donors (Lipinski definition) is 0. The van der Waals surface area contributed by atoms with Crippen molar-refractivity contribution in [2.45, 2.75) is 31.9 Å². The number of morpholine rings is 1. The number of benzene rings is 2. The summed E-state index contributed by atoms with van der Waals surface area (Å²) < 4.78 is 5.96. The number of carbonyl (C=O) groups excluding carboxylic acids is 1. The van der Waals surface area contributed by atoms with Gasteiger partial charge in [0.25, 0.3) is 0 Å². The Labute approximate surface area is 158 Å². The van der Waals surface area contributed by atoms with E-state index >= 15 is 0 Å². The molecule has 0 N–H and O–H groups in total. The van der Waals surface area contributed by atoms with Crippen LogP contribution < -0.4 is 0 Å². The molecule has 132 valence electrons. The van der Waals surface area contributed by atoms with Gasteiger partial charge in [-0.2, -0.15) is 0 Å². The van der Waals surface area contributed by atoms with E-state index in [2.05, 4.69) is 6.92 Å². The van der Waals surface area contributed by atoms with E-state index in [9.17, 15) is 4.79 Å². The number of carbonyl (C=O) groups is 1. The smallest absolute Gasteiger partial charge is 0.249 e. The molecule has 1 heterocycles. The third kappa shape index (κ3) is 4.17. The fourth-order valence-electron chi connectivity index (χ4n) is 3.19. The molecule has 0 unspecified atom stereocenters. The number of rotatable bonds is 5. The summed E-state index contributed by atoms with van der Waals surface area (Å²) in [4.78, 5) is 14.5. The molecule has 1 aliphatic rings. The van der Waals surface area contributed by atoms with Crippen molar-refractivity contribution in [3.8, 4) is 0 Å². The van der Waals surface area contributed by atoms with Gasteiger partial charge in [-0.25, -0.2) is 0 Å². The van der Waals surface area contributed by atoms with Crippen molar-refractivity contribution in [1.82, 2.24) is 4.90 Å². The zero-order valence-corrected chi connectivity index (χ0v) is 15.6. The first kappa shape index (κ1) is 18.2. The largest absolute Gasteiger partial charge is 0.361 e. The molecule has 0 spiro atoms. The van der Waals surface area contributed by atoms with Crippen molar-refractivity contribution >= 4 is 29.1 Å². The van der Waals surface area contributed by atoms with Crippen LogP contribution in [0.3, 0.4) is 0 Å². The van der Waals surface area contributed by atoms with E-state index in [1.807, 2.05) is 53.4 Å². The SMILES string of the molecule is CCCCN1C(=O)CO[C@@H](c2ccc(Cl)cc2)[C@H]1c1ccc(Cl)cc1. The third-order valence-corrected chi connectivity index (χ3v) is 5.00. The van der Waals surface area contributed by atoms with Crippen LogP contribution in [0, 0.1) is 0 Å². The minimum absolute atomic E-state index is 0.0265. The van der Waals surface area contributed by atoms with Gasteiger partial charge >= 0.3 is 0 Å². The van der Waals surface area contributed by atoms with Crippen LogP contribution in [0.15, 0.2) is 48.5 Å². The first-order valence-electron chi connectivity index (χ1n) is 8.52. The van der Waals surface area contributed by atoms with Gasteiger partial charge in [-0.15, -0.1) is 0 Å². The Balaban J connectivity index is 2.00. The minimum Gasteiger partial charge on any atom is -0.361 e. The molecule has 1 fully saturated rings. The average molecular weight is 378 g/mol. The van der Waals surface area contributed by atoms with Crippen molar-refractivity contribution in [1.29, 1.82) is 0 Å². The lowest BCUT2D eigenvalue weighted by molar-refractivity contribution is -0.158. The summed E-state index contributed by atoms with van der Waals surface area (Å²) in [5.41, 5.74) is 2.03. The molecule has 0 aromatic heterocycles. The molecule has 0 saturated carbocycles. The summed E-state index contributed by atoms with van der Waals surface area (Å²) in [5.74, 6) is 0.0265. The fourth-order valence-corrected chi connectivity index (χ4v) is 3.44. The summed E-state index contributed by atoms with van der Waals surface area (Å²) in [6.07, 6.45) is 1.76. The molecule has 0 aliphatic carbocycles. The van der Waals surface area contributed by atoms with Crippen LogP contribution in [0.1, 0.15) is 43.0 Å². The molecule has 1 aliphatic heterocycles. The van der Waals surface area contributed by atoms with Gasteiger partial charge in [0.2, 0.25) is 5.91 Å². The summed E-state index contributed by atoms with van der Waals surface area (Å²) in [5, 5.41) is 1.36. The number of ether oxygens (including phenoxy) is 1. The van der Waals surface area contributed by atoms with Crippen LogP contribution in [0.2, 0.25) is 10.0 Å². The van der Waals surface area contributed by atoms with Gasteiger partial charge in [-0.05, 0) is 41.8 Å². The second-order valence-electron chi connectivity index (χ2n) is 6.22. The van der Waals surface area contributed by atoms with E-state index in [1.54, 1.807) is 0 Å².